The van der Waals surface area contributed by atoms with Crippen molar-refractivity contribution in [3.63, 3.8) is 0 Å². The van der Waals surface area contributed by atoms with Crippen molar-refractivity contribution in [2.75, 3.05) is 7.05 Å². The Morgan fingerprint density at radius 2 is 2.05 bits per heavy atom. The lowest BCUT2D eigenvalue weighted by Gasteiger charge is -2.23. The molecule has 0 aromatic carbocycles. The summed E-state index contributed by atoms with van der Waals surface area (Å²) in [6.45, 7) is 5.83. The van der Waals surface area contributed by atoms with Crippen molar-refractivity contribution in [3.8, 4) is 0 Å². The first-order valence-electron chi connectivity index (χ1n) is 7.07. The Morgan fingerprint density at radius 3 is 2.62 bits per heavy atom. The highest BCUT2D eigenvalue weighted by Gasteiger charge is 2.26. The molecule has 0 atom stereocenters. The van der Waals surface area contributed by atoms with Crippen LogP contribution in [-0.4, -0.2) is 32.0 Å². The summed E-state index contributed by atoms with van der Waals surface area (Å²) in [4.78, 5) is 0. The Labute approximate surface area is 126 Å². The Morgan fingerprint density at radius 1 is 1.38 bits per heavy atom. The van der Waals surface area contributed by atoms with Crippen LogP contribution in [0.15, 0.2) is 21.6 Å². The zero-order valence-corrected chi connectivity index (χ0v) is 13.9. The first kappa shape index (κ1) is 17.7. The summed E-state index contributed by atoms with van der Waals surface area (Å²) >= 11 is 0. The van der Waals surface area contributed by atoms with Crippen LogP contribution in [0.3, 0.4) is 0 Å². The molecule has 0 aliphatic carbocycles. The van der Waals surface area contributed by atoms with Gasteiger partial charge in [0.2, 0.25) is 11.3 Å². The van der Waals surface area contributed by atoms with Crippen LogP contribution in [0.25, 0.3) is 0 Å². The van der Waals surface area contributed by atoms with Gasteiger partial charge in [-0.2, -0.15) is 0 Å². The summed E-state index contributed by atoms with van der Waals surface area (Å²) in [6, 6.07) is 2.80. The lowest BCUT2D eigenvalue weighted by Crippen LogP contribution is -2.33. The minimum Gasteiger partial charge on any atom is -0.623 e. The van der Waals surface area contributed by atoms with Gasteiger partial charge < -0.3 is 9.62 Å². The molecule has 0 saturated carbocycles. The number of hydroxylamine groups is 1. The van der Waals surface area contributed by atoms with E-state index >= 15 is 0 Å². The number of sulfonamides is 1. The topological polar surface area (TPSA) is 85.4 Å². The molecule has 0 bridgehead atoms. The third-order valence-electron chi connectivity index (χ3n) is 3.37. The zero-order valence-electron chi connectivity index (χ0n) is 13.0. The van der Waals surface area contributed by atoms with E-state index in [1.807, 2.05) is 13.8 Å². The molecule has 21 heavy (non-hydrogen) atoms. The zero-order chi connectivity index (χ0) is 16.1. The summed E-state index contributed by atoms with van der Waals surface area (Å²) in [5.74, 6) is 0.224. The number of furan rings is 1. The number of hydrogen-bond acceptors (Lipinski definition) is 4. The lowest BCUT2D eigenvalue weighted by atomic mass is 9.97. The second-order valence-electron chi connectivity index (χ2n) is 5.59. The molecule has 1 N–H and O–H groups in total. The number of unbranched alkanes of at least 4 members (excludes halogenated alkanes) is 2. The van der Waals surface area contributed by atoms with Crippen LogP contribution in [0, 0.1) is 5.21 Å². The van der Waals surface area contributed by atoms with Crippen LogP contribution in [0.4, 0.5) is 0 Å². The molecule has 1 rings (SSSR count). The van der Waals surface area contributed by atoms with Crippen molar-refractivity contribution in [2.24, 2.45) is 0 Å². The first-order valence-corrected chi connectivity index (χ1v) is 8.56. The maximum absolute atomic E-state index is 12.2. The molecule has 0 unspecified atom stereocenters. The van der Waals surface area contributed by atoms with E-state index in [1.165, 1.54) is 25.4 Å². The fourth-order valence-electron chi connectivity index (χ4n) is 1.86. The third-order valence-corrected chi connectivity index (χ3v) is 4.66. The van der Waals surface area contributed by atoms with Crippen molar-refractivity contribution in [3.05, 3.63) is 23.1 Å². The van der Waals surface area contributed by atoms with Gasteiger partial charge in [0.15, 0.2) is 11.3 Å². The van der Waals surface area contributed by atoms with E-state index < -0.39 is 15.6 Å². The summed E-state index contributed by atoms with van der Waals surface area (Å²) in [5, 5.41) is 12.0. The minimum absolute atomic E-state index is 0.201. The fraction of sp³-hybridized carbons (Fsp3) is 0.643. The highest BCUT2D eigenvalue weighted by Crippen LogP contribution is 2.19. The van der Waals surface area contributed by atoms with Crippen LogP contribution in [0.1, 0.15) is 52.2 Å². The smallest absolute Gasteiger partial charge is 0.273 e. The Hall–Kier alpha value is -1.34. The van der Waals surface area contributed by atoms with Crippen LogP contribution in [-0.2, 0) is 10.0 Å². The van der Waals surface area contributed by atoms with Gasteiger partial charge in [0.1, 0.15) is 0 Å². The van der Waals surface area contributed by atoms with Gasteiger partial charge in [-0.05, 0) is 25.6 Å². The predicted octanol–water partition coefficient (Wildman–Crippen LogP) is 2.48. The number of nitrogens with zero attached hydrogens (tertiary/aromatic N) is 1. The molecule has 0 aliphatic heterocycles. The molecule has 1 heterocycles. The van der Waals surface area contributed by atoms with Crippen molar-refractivity contribution in [1.82, 2.24) is 4.72 Å². The molecule has 7 heteroatoms. The predicted molar refractivity (Wildman–Crippen MR) is 82.0 cm³/mol. The molecule has 1 aromatic heterocycles. The SMILES string of the molecule is CCCCCC(C)(C)[N+]([O-])=Cc1ccc(S(=O)(=O)NC)o1. The Kier molecular flexibility index (Phi) is 5.98. The van der Waals surface area contributed by atoms with Gasteiger partial charge in [-0.15, -0.1) is 0 Å². The maximum atomic E-state index is 12.2. The Bertz CT molecular complexity index is 588. The average Bonchev–Trinajstić information content (AvgIpc) is 2.88. The second kappa shape index (κ2) is 7.09. The highest BCUT2D eigenvalue weighted by atomic mass is 32.2. The molecule has 0 saturated heterocycles. The lowest BCUT2D eigenvalue weighted by molar-refractivity contribution is -0.537. The normalized spacial score (nSPS) is 13.6. The number of hydrogen-bond donors (Lipinski definition) is 1. The number of nitrogens with one attached hydrogen (secondary N) is 1. The van der Waals surface area contributed by atoms with E-state index in [1.54, 1.807) is 0 Å². The van der Waals surface area contributed by atoms with Gasteiger partial charge in [0, 0.05) is 20.3 Å². The summed E-state index contributed by atoms with van der Waals surface area (Å²) in [6.07, 6.45) is 5.22. The van der Waals surface area contributed by atoms with Crippen molar-refractivity contribution < 1.29 is 17.6 Å². The standard InChI is InChI=1S/C14H24N2O4S/c1-5-6-7-10-14(2,3)16(17)11-12-8-9-13(20-12)21(18,19)15-4/h8-9,11,15H,5-7,10H2,1-4H3. The van der Waals surface area contributed by atoms with E-state index in [-0.39, 0.29) is 10.9 Å². The molecule has 0 radical (unpaired) electrons. The first-order chi connectivity index (χ1) is 9.73. The van der Waals surface area contributed by atoms with Crippen LogP contribution in [0.2, 0.25) is 0 Å². The van der Waals surface area contributed by atoms with E-state index in [0.29, 0.717) is 0 Å². The molecule has 6 nitrogen and oxygen atoms in total. The summed E-state index contributed by atoms with van der Waals surface area (Å²) < 4.78 is 31.3. The molecule has 1 aromatic rings. The van der Waals surface area contributed by atoms with Crippen LogP contribution in [0.5, 0.6) is 0 Å². The largest absolute Gasteiger partial charge is 0.623 e. The molecule has 0 fully saturated rings. The van der Waals surface area contributed by atoms with E-state index in [2.05, 4.69) is 11.6 Å². The maximum Gasteiger partial charge on any atom is 0.273 e. The number of rotatable bonds is 8. The molecule has 120 valence electrons. The summed E-state index contributed by atoms with van der Waals surface area (Å²) in [5.41, 5.74) is -0.552. The minimum atomic E-state index is -3.62. The van der Waals surface area contributed by atoms with Crippen molar-refractivity contribution in [1.29, 1.82) is 0 Å². The third kappa shape index (κ3) is 4.86. The van der Waals surface area contributed by atoms with E-state index in [4.69, 9.17) is 4.42 Å². The van der Waals surface area contributed by atoms with Crippen LogP contribution < -0.4 is 4.72 Å². The van der Waals surface area contributed by atoms with Gasteiger partial charge in [-0.1, -0.05) is 19.8 Å². The molecular weight excluding hydrogens is 292 g/mol. The van der Waals surface area contributed by atoms with Gasteiger partial charge in [0.25, 0.3) is 10.0 Å². The average molecular weight is 316 g/mol. The van der Waals surface area contributed by atoms with Crippen molar-refractivity contribution in [2.45, 2.75) is 57.1 Å². The molecular formula is C14H24N2O4S. The van der Waals surface area contributed by atoms with Gasteiger partial charge in [-0.25, -0.2) is 17.9 Å². The Balaban J connectivity index is 2.87. The van der Waals surface area contributed by atoms with Crippen molar-refractivity contribution >= 4 is 16.2 Å². The monoisotopic (exact) mass is 316 g/mol. The van der Waals surface area contributed by atoms with E-state index in [0.717, 1.165) is 30.4 Å². The second-order valence-corrected chi connectivity index (χ2v) is 7.41. The van der Waals surface area contributed by atoms with Gasteiger partial charge in [0.05, 0.1) is 0 Å². The molecule has 0 aliphatic rings. The highest BCUT2D eigenvalue weighted by molar-refractivity contribution is 7.89. The quantitative estimate of drug-likeness (QED) is 0.262. The van der Waals surface area contributed by atoms with Crippen LogP contribution >= 0.6 is 0 Å². The molecule has 0 spiro atoms. The van der Waals surface area contributed by atoms with E-state index in [9.17, 15) is 13.6 Å². The van der Waals surface area contributed by atoms with Gasteiger partial charge >= 0.3 is 0 Å². The fourth-order valence-corrected chi connectivity index (χ4v) is 2.51. The molecule has 0 amide bonds. The summed E-state index contributed by atoms with van der Waals surface area (Å²) in [7, 11) is -2.32. The van der Waals surface area contributed by atoms with Gasteiger partial charge in [-0.3, -0.25) is 0 Å².